The summed E-state index contributed by atoms with van der Waals surface area (Å²) in [5, 5.41) is 2.81. The molecule has 1 heteroatoms. The predicted molar refractivity (Wildman–Crippen MR) is 70.5 cm³/mol. The summed E-state index contributed by atoms with van der Waals surface area (Å²) in [5.74, 6) is 0. The Labute approximate surface area is 99.1 Å². The molecule has 1 heterocycles. The summed E-state index contributed by atoms with van der Waals surface area (Å²) in [4.78, 5) is 0. The summed E-state index contributed by atoms with van der Waals surface area (Å²) in [5.41, 5.74) is 1.35. The lowest BCUT2D eigenvalue weighted by atomic mass is 10.1. The number of hydrogen-bond donors (Lipinski definition) is 0. The van der Waals surface area contributed by atoms with Crippen molar-refractivity contribution in [2.24, 2.45) is 0 Å². The zero-order chi connectivity index (χ0) is 12.1. The van der Waals surface area contributed by atoms with Crippen molar-refractivity contribution in [1.29, 1.82) is 0 Å². The number of hydrogen-bond acceptors (Lipinski definition) is 0. The Morgan fingerprint density at radius 3 is 2.31 bits per heavy atom. The number of aryl methyl sites for hydroxylation is 1. The molecule has 0 saturated carbocycles. The Kier molecular flexibility index (Phi) is 4.72. The summed E-state index contributed by atoms with van der Waals surface area (Å²) >= 11 is 0. The number of pyridine rings is 1. The largest absolute Gasteiger partial charge is 0.208 e. The summed E-state index contributed by atoms with van der Waals surface area (Å²) in [6, 6.07) is 5.00. The fourth-order valence-electron chi connectivity index (χ4n) is 2.24. The average molecular weight is 218 g/mol. The lowest BCUT2D eigenvalue weighted by Crippen LogP contribution is -2.60. The average Bonchev–Trinajstić information content (AvgIpc) is 2.31. The first-order valence-electron chi connectivity index (χ1n) is 6.41. The molecule has 0 unspecified atom stereocenters. The van der Waals surface area contributed by atoms with Gasteiger partial charge in [0.05, 0.1) is 0 Å². The lowest BCUT2D eigenvalue weighted by molar-refractivity contribution is -0.734. The predicted octanol–water partition coefficient (Wildman–Crippen LogP) is 2.24. The molecule has 0 spiro atoms. The molecule has 16 heavy (non-hydrogen) atoms. The van der Waals surface area contributed by atoms with Crippen molar-refractivity contribution in [2.75, 3.05) is 0 Å². The van der Waals surface area contributed by atoms with E-state index >= 15 is 0 Å². The minimum absolute atomic E-state index is 0.549. The van der Waals surface area contributed by atoms with E-state index in [0.717, 1.165) is 0 Å². The van der Waals surface area contributed by atoms with Crippen LogP contribution >= 0.6 is 0 Å². The standard InChI is InChI=1S/C13H18N.C2H6/c1-10(2)14-11(3)8-9-12-6-4-5-7-13(12)14;1-2/h6-10H,4-5H2,1-3H3;1-2H3/q+1;. The highest BCUT2D eigenvalue weighted by atomic mass is 15.0. The fraction of sp³-hybridized carbons (Fsp3) is 0.533. The molecule has 0 radical (unpaired) electrons. The van der Waals surface area contributed by atoms with E-state index in [1.807, 2.05) is 13.8 Å². The van der Waals surface area contributed by atoms with E-state index < -0.39 is 0 Å². The van der Waals surface area contributed by atoms with Gasteiger partial charge in [-0.3, -0.25) is 0 Å². The molecule has 0 atom stereocenters. The van der Waals surface area contributed by atoms with E-state index in [2.05, 4.69) is 49.6 Å². The zero-order valence-corrected chi connectivity index (χ0v) is 11.2. The molecule has 0 bridgehead atoms. The summed E-state index contributed by atoms with van der Waals surface area (Å²) in [6.45, 7) is 10.7. The first kappa shape index (κ1) is 13.0. The van der Waals surface area contributed by atoms with E-state index in [1.54, 1.807) is 0 Å². The molecule has 0 amide bonds. The van der Waals surface area contributed by atoms with Gasteiger partial charge >= 0.3 is 0 Å². The third kappa shape index (κ3) is 2.52. The minimum atomic E-state index is 0.549. The van der Waals surface area contributed by atoms with Gasteiger partial charge in [0.15, 0.2) is 11.7 Å². The minimum Gasteiger partial charge on any atom is -0.194 e. The van der Waals surface area contributed by atoms with Gasteiger partial charge in [0.1, 0.15) is 0 Å². The summed E-state index contributed by atoms with van der Waals surface area (Å²) in [6.07, 6.45) is 7.08. The van der Waals surface area contributed by atoms with Crippen molar-refractivity contribution in [3.05, 3.63) is 28.4 Å². The normalized spacial score (nSPS) is 13.1. The fourth-order valence-corrected chi connectivity index (χ4v) is 2.24. The van der Waals surface area contributed by atoms with Gasteiger partial charge in [0.25, 0.3) is 0 Å². The van der Waals surface area contributed by atoms with Gasteiger partial charge in [-0.05, 0) is 38.8 Å². The molecular weight excluding hydrogens is 194 g/mol. The molecule has 0 aromatic carbocycles. The molecular formula is C15H24N+. The maximum absolute atomic E-state index is 2.42. The smallest absolute Gasteiger partial charge is 0.194 e. The lowest BCUT2D eigenvalue weighted by Gasteiger charge is -2.07. The SMILES string of the molecule is CC.Cc1ccc2c([n+]1C(C)C)=CCCC=2. The van der Waals surface area contributed by atoms with E-state index in [-0.39, 0.29) is 0 Å². The number of rotatable bonds is 1. The summed E-state index contributed by atoms with van der Waals surface area (Å²) < 4.78 is 2.42. The Balaban J connectivity index is 0.000000606. The third-order valence-corrected chi connectivity index (χ3v) is 2.82. The Bertz CT molecular complexity index is 455. The van der Waals surface area contributed by atoms with Gasteiger partial charge in [-0.15, -0.1) is 0 Å². The maximum atomic E-state index is 2.42. The van der Waals surface area contributed by atoms with Crippen molar-refractivity contribution in [3.63, 3.8) is 0 Å². The van der Waals surface area contributed by atoms with Crippen molar-refractivity contribution >= 4 is 12.2 Å². The molecule has 1 aliphatic carbocycles. The quantitative estimate of drug-likeness (QED) is 0.637. The Hall–Kier alpha value is -1.11. The van der Waals surface area contributed by atoms with E-state index in [9.17, 15) is 0 Å². The van der Waals surface area contributed by atoms with Crippen LogP contribution in [0, 0.1) is 6.92 Å². The molecule has 1 aliphatic rings. The Morgan fingerprint density at radius 2 is 1.69 bits per heavy atom. The third-order valence-electron chi connectivity index (χ3n) is 2.82. The molecule has 1 nitrogen and oxygen atoms in total. The first-order valence-corrected chi connectivity index (χ1v) is 6.41. The molecule has 0 fully saturated rings. The summed E-state index contributed by atoms with van der Waals surface area (Å²) in [7, 11) is 0. The van der Waals surface area contributed by atoms with Crippen molar-refractivity contribution in [3.8, 4) is 0 Å². The maximum Gasteiger partial charge on any atom is 0.208 e. The van der Waals surface area contributed by atoms with E-state index in [4.69, 9.17) is 0 Å². The second-order valence-corrected chi connectivity index (χ2v) is 4.26. The van der Waals surface area contributed by atoms with Crippen molar-refractivity contribution < 1.29 is 4.57 Å². The molecule has 0 aliphatic heterocycles. The van der Waals surface area contributed by atoms with E-state index in [0.29, 0.717) is 6.04 Å². The molecule has 1 aromatic rings. The van der Waals surface area contributed by atoms with Crippen molar-refractivity contribution in [1.82, 2.24) is 0 Å². The highest BCUT2D eigenvalue weighted by Crippen LogP contribution is 1.96. The number of nitrogens with zero attached hydrogens (tertiary/aromatic N) is 1. The monoisotopic (exact) mass is 218 g/mol. The van der Waals surface area contributed by atoms with Crippen LogP contribution in [-0.4, -0.2) is 0 Å². The topological polar surface area (TPSA) is 3.88 Å². The van der Waals surface area contributed by atoms with Crippen LogP contribution in [0.3, 0.4) is 0 Å². The second-order valence-electron chi connectivity index (χ2n) is 4.26. The van der Waals surface area contributed by atoms with E-state index in [1.165, 1.54) is 29.1 Å². The van der Waals surface area contributed by atoms with Gasteiger partial charge < -0.3 is 0 Å². The van der Waals surface area contributed by atoms with Crippen molar-refractivity contribution in [2.45, 2.75) is 53.5 Å². The van der Waals surface area contributed by atoms with Crippen LogP contribution < -0.4 is 15.1 Å². The Morgan fingerprint density at radius 1 is 1.06 bits per heavy atom. The number of aromatic nitrogens is 1. The van der Waals surface area contributed by atoms with Crippen LogP contribution in [0.15, 0.2) is 12.1 Å². The van der Waals surface area contributed by atoms with Crippen LogP contribution in [0.4, 0.5) is 0 Å². The number of fused-ring (bicyclic) bond motifs is 1. The van der Waals surface area contributed by atoms with Gasteiger partial charge in [-0.1, -0.05) is 19.9 Å². The van der Waals surface area contributed by atoms with Crippen LogP contribution in [0.5, 0.6) is 0 Å². The second kappa shape index (κ2) is 5.83. The molecule has 2 rings (SSSR count). The van der Waals surface area contributed by atoms with Crippen LogP contribution in [0.25, 0.3) is 12.2 Å². The highest BCUT2D eigenvalue weighted by molar-refractivity contribution is 5.34. The molecule has 88 valence electrons. The first-order chi connectivity index (χ1) is 7.70. The van der Waals surface area contributed by atoms with Gasteiger partial charge in [-0.2, -0.15) is 4.57 Å². The van der Waals surface area contributed by atoms with Gasteiger partial charge in [0, 0.05) is 18.2 Å². The molecule has 0 saturated heterocycles. The van der Waals surface area contributed by atoms with Crippen LogP contribution in [-0.2, 0) is 0 Å². The van der Waals surface area contributed by atoms with Gasteiger partial charge in [-0.25, -0.2) is 0 Å². The van der Waals surface area contributed by atoms with Gasteiger partial charge in [0.2, 0.25) is 5.35 Å². The molecule has 1 aromatic heterocycles. The zero-order valence-electron chi connectivity index (χ0n) is 11.2. The molecule has 0 N–H and O–H groups in total. The highest BCUT2D eigenvalue weighted by Gasteiger charge is 2.14. The van der Waals surface area contributed by atoms with Crippen LogP contribution in [0.2, 0.25) is 0 Å². The van der Waals surface area contributed by atoms with Crippen LogP contribution in [0.1, 0.15) is 52.3 Å².